The van der Waals surface area contributed by atoms with Crippen molar-refractivity contribution >= 4 is 22.6 Å². The van der Waals surface area contributed by atoms with Crippen LogP contribution in [0.5, 0.6) is 0 Å². The highest BCUT2D eigenvalue weighted by atomic mass is 16.5. The lowest BCUT2D eigenvalue weighted by Gasteiger charge is -2.11. The lowest BCUT2D eigenvalue weighted by Crippen LogP contribution is -2.16. The molecule has 3 aromatic rings. The Balaban J connectivity index is 1.93. The van der Waals surface area contributed by atoms with Crippen molar-refractivity contribution in [3.63, 3.8) is 0 Å². The highest BCUT2D eigenvalue weighted by Crippen LogP contribution is 2.22. The van der Waals surface area contributed by atoms with E-state index in [-0.39, 0.29) is 17.9 Å². The minimum Gasteiger partial charge on any atom is -0.381 e. The zero-order valence-electron chi connectivity index (χ0n) is 13.2. The molecule has 0 fully saturated rings. The molecule has 0 aliphatic rings. The zero-order valence-corrected chi connectivity index (χ0v) is 13.2. The highest BCUT2D eigenvalue weighted by Gasteiger charge is 2.13. The second-order valence-electron chi connectivity index (χ2n) is 5.04. The molecule has 0 unspecified atom stereocenters. The Morgan fingerprint density at radius 3 is 3.04 bits per heavy atom. The van der Waals surface area contributed by atoms with E-state index >= 15 is 0 Å². The maximum absolute atomic E-state index is 12.0. The smallest absolute Gasteiger partial charge is 0.261 e. The van der Waals surface area contributed by atoms with Crippen molar-refractivity contribution in [1.29, 1.82) is 0 Å². The van der Waals surface area contributed by atoms with E-state index in [0.29, 0.717) is 35.6 Å². The second kappa shape index (κ2) is 7.05. The Bertz CT molecular complexity index is 915. The zero-order chi connectivity index (χ0) is 16.9. The van der Waals surface area contributed by atoms with Crippen LogP contribution in [-0.2, 0) is 9.53 Å². The Hall–Kier alpha value is -3.00. The maximum Gasteiger partial charge on any atom is 0.261 e. The Labute approximate surface area is 137 Å². The summed E-state index contributed by atoms with van der Waals surface area (Å²) in [4.78, 5) is 30.5. The van der Waals surface area contributed by atoms with E-state index in [1.807, 2.05) is 19.1 Å². The van der Waals surface area contributed by atoms with Gasteiger partial charge in [0.2, 0.25) is 5.91 Å². The number of para-hydroxylation sites is 2. The predicted octanol–water partition coefficient (Wildman–Crippen LogP) is 1.47. The largest absolute Gasteiger partial charge is 0.381 e. The van der Waals surface area contributed by atoms with Crippen LogP contribution in [0.25, 0.3) is 16.7 Å². The molecular formula is C16H17N5O3. The molecule has 0 aliphatic carbocycles. The number of benzene rings is 1. The standard InChI is InChI=1S/C16H17N5O3/c1-2-24-8-7-14(22)20-12-5-3-4-6-13(12)21-15-11(9-19-21)16(23)18-10-17-15/h3-6,9-10H,2,7-8H2,1H3,(H,20,22)(H,17,18,23). The number of nitrogens with one attached hydrogen (secondary N) is 2. The van der Waals surface area contributed by atoms with E-state index in [0.717, 1.165) is 0 Å². The molecule has 0 saturated carbocycles. The average Bonchev–Trinajstić information content (AvgIpc) is 3.01. The van der Waals surface area contributed by atoms with Gasteiger partial charge in [-0.05, 0) is 19.1 Å². The summed E-state index contributed by atoms with van der Waals surface area (Å²) in [5, 5.41) is 7.46. The molecule has 24 heavy (non-hydrogen) atoms. The van der Waals surface area contributed by atoms with Crippen molar-refractivity contribution in [1.82, 2.24) is 19.7 Å². The van der Waals surface area contributed by atoms with Crippen LogP contribution in [0.3, 0.4) is 0 Å². The first-order chi connectivity index (χ1) is 11.7. The van der Waals surface area contributed by atoms with Gasteiger partial charge in [-0.3, -0.25) is 9.59 Å². The molecule has 0 spiro atoms. The molecule has 2 N–H and O–H groups in total. The van der Waals surface area contributed by atoms with Gasteiger partial charge in [-0.15, -0.1) is 0 Å². The average molecular weight is 327 g/mol. The van der Waals surface area contributed by atoms with Gasteiger partial charge in [0.15, 0.2) is 5.65 Å². The number of fused-ring (bicyclic) bond motifs is 1. The van der Waals surface area contributed by atoms with Gasteiger partial charge in [0.1, 0.15) is 5.39 Å². The van der Waals surface area contributed by atoms with Crippen LogP contribution in [0, 0.1) is 0 Å². The van der Waals surface area contributed by atoms with Crippen LogP contribution < -0.4 is 10.9 Å². The molecule has 8 heteroatoms. The number of nitrogens with zero attached hydrogens (tertiary/aromatic N) is 3. The SMILES string of the molecule is CCOCCC(=O)Nc1ccccc1-n1ncc2c(=O)[nH]cnc21. The van der Waals surface area contributed by atoms with Crippen molar-refractivity contribution < 1.29 is 9.53 Å². The molecule has 1 amide bonds. The van der Waals surface area contributed by atoms with E-state index < -0.39 is 0 Å². The first-order valence-electron chi connectivity index (χ1n) is 7.59. The quantitative estimate of drug-likeness (QED) is 0.668. The van der Waals surface area contributed by atoms with Crippen molar-refractivity contribution in [2.24, 2.45) is 0 Å². The Morgan fingerprint density at radius 1 is 1.38 bits per heavy atom. The normalized spacial score (nSPS) is 10.9. The molecule has 8 nitrogen and oxygen atoms in total. The summed E-state index contributed by atoms with van der Waals surface area (Å²) in [6.45, 7) is 2.82. The summed E-state index contributed by atoms with van der Waals surface area (Å²) in [5.41, 5.74) is 1.39. The Kier molecular flexibility index (Phi) is 4.66. The molecule has 0 atom stereocenters. The van der Waals surface area contributed by atoms with E-state index in [2.05, 4.69) is 20.4 Å². The van der Waals surface area contributed by atoms with Gasteiger partial charge < -0.3 is 15.0 Å². The number of carbonyl (C=O) groups is 1. The van der Waals surface area contributed by atoms with Crippen LogP contribution in [0.4, 0.5) is 5.69 Å². The number of aromatic nitrogens is 4. The topological polar surface area (TPSA) is 102 Å². The number of aromatic amines is 1. The first-order valence-corrected chi connectivity index (χ1v) is 7.59. The van der Waals surface area contributed by atoms with Crippen molar-refractivity contribution in [2.45, 2.75) is 13.3 Å². The molecule has 0 saturated heterocycles. The monoisotopic (exact) mass is 327 g/mol. The van der Waals surface area contributed by atoms with Crippen molar-refractivity contribution in [3.8, 4) is 5.69 Å². The van der Waals surface area contributed by atoms with Gasteiger partial charge in [0, 0.05) is 6.61 Å². The van der Waals surface area contributed by atoms with Crippen molar-refractivity contribution in [2.75, 3.05) is 18.5 Å². The van der Waals surface area contributed by atoms with Gasteiger partial charge in [0.25, 0.3) is 5.56 Å². The molecule has 0 bridgehead atoms. The first kappa shape index (κ1) is 15.9. The fourth-order valence-electron chi connectivity index (χ4n) is 2.32. The summed E-state index contributed by atoms with van der Waals surface area (Å²) in [6.07, 6.45) is 3.04. The van der Waals surface area contributed by atoms with Gasteiger partial charge in [-0.2, -0.15) is 5.10 Å². The molecule has 0 radical (unpaired) electrons. The molecule has 0 aliphatic heterocycles. The number of rotatable bonds is 6. The summed E-state index contributed by atoms with van der Waals surface area (Å²) < 4.78 is 6.72. The van der Waals surface area contributed by atoms with Gasteiger partial charge in [-0.1, -0.05) is 12.1 Å². The number of amides is 1. The molecule has 2 heterocycles. The number of carbonyl (C=O) groups excluding carboxylic acids is 1. The van der Waals surface area contributed by atoms with Gasteiger partial charge in [0.05, 0.1) is 36.9 Å². The third-order valence-corrected chi connectivity index (χ3v) is 3.45. The molecule has 3 rings (SSSR count). The third-order valence-electron chi connectivity index (χ3n) is 3.45. The van der Waals surface area contributed by atoms with E-state index in [1.165, 1.54) is 17.2 Å². The van der Waals surface area contributed by atoms with Crippen molar-refractivity contribution in [3.05, 3.63) is 47.1 Å². The fraction of sp³-hybridized carbons (Fsp3) is 0.250. The molecular weight excluding hydrogens is 310 g/mol. The van der Waals surface area contributed by atoms with E-state index in [1.54, 1.807) is 12.1 Å². The summed E-state index contributed by atoms with van der Waals surface area (Å²) in [7, 11) is 0. The minimum absolute atomic E-state index is 0.154. The van der Waals surface area contributed by atoms with Gasteiger partial charge >= 0.3 is 0 Å². The summed E-state index contributed by atoms with van der Waals surface area (Å²) >= 11 is 0. The summed E-state index contributed by atoms with van der Waals surface area (Å²) in [5.74, 6) is -0.154. The minimum atomic E-state index is -0.260. The Morgan fingerprint density at radius 2 is 2.21 bits per heavy atom. The van der Waals surface area contributed by atoms with E-state index in [9.17, 15) is 9.59 Å². The lowest BCUT2D eigenvalue weighted by atomic mass is 10.2. The number of ether oxygens (including phenoxy) is 1. The van der Waals surface area contributed by atoms with Crippen LogP contribution in [0.2, 0.25) is 0 Å². The van der Waals surface area contributed by atoms with Gasteiger partial charge in [-0.25, -0.2) is 9.67 Å². The second-order valence-corrected chi connectivity index (χ2v) is 5.04. The maximum atomic E-state index is 12.0. The van der Waals surface area contributed by atoms with Crippen LogP contribution in [0.15, 0.2) is 41.6 Å². The van der Waals surface area contributed by atoms with Crippen LogP contribution in [0.1, 0.15) is 13.3 Å². The number of H-pyrrole nitrogens is 1. The third kappa shape index (κ3) is 3.18. The number of hydrogen-bond acceptors (Lipinski definition) is 5. The fourth-order valence-corrected chi connectivity index (χ4v) is 2.32. The number of hydrogen-bond donors (Lipinski definition) is 2. The molecule has 2 aromatic heterocycles. The lowest BCUT2D eigenvalue weighted by molar-refractivity contribution is -0.117. The number of anilines is 1. The summed E-state index contributed by atoms with van der Waals surface area (Å²) in [6, 6.07) is 7.21. The van der Waals surface area contributed by atoms with Crippen LogP contribution in [-0.4, -0.2) is 38.9 Å². The molecule has 124 valence electrons. The van der Waals surface area contributed by atoms with Crippen LogP contribution >= 0.6 is 0 Å². The predicted molar refractivity (Wildman–Crippen MR) is 89.2 cm³/mol. The molecule has 1 aromatic carbocycles. The van der Waals surface area contributed by atoms with E-state index in [4.69, 9.17) is 4.74 Å². The highest BCUT2D eigenvalue weighted by molar-refractivity contribution is 5.93.